The molecule has 2 aliphatic heterocycles. The molecule has 1 aliphatic carbocycles. The van der Waals surface area contributed by atoms with Crippen molar-refractivity contribution in [1.29, 1.82) is 0 Å². The first-order valence-corrected chi connectivity index (χ1v) is 17.5. The lowest BCUT2D eigenvalue weighted by Crippen LogP contribution is -2.67. The van der Waals surface area contributed by atoms with E-state index < -0.39 is 109 Å². The lowest BCUT2D eigenvalue weighted by atomic mass is 9.80. The van der Waals surface area contributed by atoms with Crippen LogP contribution in [0.4, 0.5) is 9.59 Å². The van der Waals surface area contributed by atoms with E-state index in [-0.39, 0.29) is 19.4 Å². The molecule has 3 amide bonds. The molecule has 3 rings (SSSR count). The third kappa shape index (κ3) is 12.1. The molecule has 51 heavy (non-hydrogen) atoms. The van der Waals surface area contributed by atoms with E-state index >= 15 is 0 Å². The molecule has 2 fully saturated rings. The van der Waals surface area contributed by atoms with E-state index in [9.17, 15) is 34.8 Å². The van der Waals surface area contributed by atoms with Gasteiger partial charge in [-0.25, -0.2) is 9.59 Å². The summed E-state index contributed by atoms with van der Waals surface area (Å²) in [5.74, 6) is -0.667. The molecule has 3 aliphatic rings. The van der Waals surface area contributed by atoms with Crippen LogP contribution < -0.4 is 21.3 Å². The number of carbonyl (C=O) groups is 3. The Labute approximate surface area is 300 Å². The lowest BCUT2D eigenvalue weighted by molar-refractivity contribution is -0.308. The fourth-order valence-corrected chi connectivity index (χ4v) is 6.29. The van der Waals surface area contributed by atoms with Gasteiger partial charge in [-0.05, 0) is 80.3 Å². The second-order valence-electron chi connectivity index (χ2n) is 15.7. The Hall–Kier alpha value is -2.77. The minimum atomic E-state index is -1.64. The van der Waals surface area contributed by atoms with Crippen molar-refractivity contribution in [1.82, 2.24) is 21.3 Å². The zero-order valence-corrected chi connectivity index (χ0v) is 31.4. The van der Waals surface area contributed by atoms with Crippen LogP contribution in [0.3, 0.4) is 0 Å². The summed E-state index contributed by atoms with van der Waals surface area (Å²) in [7, 11) is 1.59. The smallest absolute Gasteiger partial charge is 0.407 e. The molecular formula is C34H60N4O13. The van der Waals surface area contributed by atoms with Gasteiger partial charge in [0.15, 0.2) is 6.29 Å². The first-order valence-electron chi connectivity index (χ1n) is 17.5. The fourth-order valence-electron chi connectivity index (χ4n) is 6.29. The van der Waals surface area contributed by atoms with Crippen molar-refractivity contribution < 1.29 is 63.2 Å². The van der Waals surface area contributed by atoms with Crippen LogP contribution >= 0.6 is 0 Å². The number of ether oxygens (including phenoxy) is 6. The van der Waals surface area contributed by atoms with E-state index in [1.165, 1.54) is 6.92 Å². The average Bonchev–Trinajstić information content (AvgIpc) is 2.99. The van der Waals surface area contributed by atoms with Gasteiger partial charge in [-0.3, -0.25) is 4.79 Å². The summed E-state index contributed by atoms with van der Waals surface area (Å²) >= 11 is 0. The second kappa shape index (κ2) is 17.4. The fraction of sp³-hybridized carbons (Fsp3) is 0.853. The van der Waals surface area contributed by atoms with Gasteiger partial charge in [0.05, 0.1) is 43.1 Å². The number of amides is 3. The molecule has 294 valence electrons. The van der Waals surface area contributed by atoms with Crippen molar-refractivity contribution in [3.05, 3.63) is 11.8 Å². The molecule has 0 aromatic heterocycles. The van der Waals surface area contributed by atoms with Gasteiger partial charge in [0.25, 0.3) is 5.91 Å². The normalized spacial score (nSPS) is 35.1. The van der Waals surface area contributed by atoms with Crippen LogP contribution in [0.5, 0.6) is 0 Å². The van der Waals surface area contributed by atoms with Crippen molar-refractivity contribution in [2.75, 3.05) is 20.2 Å². The van der Waals surface area contributed by atoms with Crippen molar-refractivity contribution in [3.63, 3.8) is 0 Å². The van der Waals surface area contributed by atoms with Gasteiger partial charge in [-0.1, -0.05) is 13.8 Å². The van der Waals surface area contributed by atoms with Gasteiger partial charge in [0, 0.05) is 6.42 Å². The molecule has 12 unspecified atom stereocenters. The van der Waals surface area contributed by atoms with Crippen LogP contribution in [0.1, 0.15) is 81.6 Å². The standard InChI is InChI=1S/C34H60N4O13/c1-11-18-12-13-19(37-27(42)21(39)15-36-30(43)50-32(3,4)5)28(47-18)49-25-20(38-31(44)51-33(6,7)8)14-17(2)24(22(25)40)48-29-23(41)26(35-10)34(9,45)16-46-29/h12,17,19-26,28-29,35,39-41,45H,11,13-16H2,1-10H3,(H,36,43)(H,37,42)(H,38,44). The number of hydrogen-bond donors (Lipinski definition) is 8. The third-order valence-corrected chi connectivity index (χ3v) is 8.70. The molecule has 12 atom stereocenters. The Morgan fingerprint density at radius 1 is 0.961 bits per heavy atom. The number of alkyl carbamates (subject to hydrolysis) is 2. The summed E-state index contributed by atoms with van der Waals surface area (Å²) in [5.41, 5.74) is -2.97. The predicted octanol–water partition coefficient (Wildman–Crippen LogP) is 0.518. The Kier molecular flexibility index (Phi) is 14.5. The number of rotatable bonds is 11. The summed E-state index contributed by atoms with van der Waals surface area (Å²) in [4.78, 5) is 38.1. The molecule has 2 heterocycles. The maximum absolute atomic E-state index is 13.1. The molecule has 1 saturated carbocycles. The number of aliphatic hydroxyl groups excluding tert-OH is 3. The van der Waals surface area contributed by atoms with Crippen molar-refractivity contribution in [2.45, 2.75) is 160 Å². The number of hydrogen-bond acceptors (Lipinski definition) is 14. The first kappa shape index (κ1) is 42.6. The molecule has 1 saturated heterocycles. The number of allylic oxidation sites excluding steroid dienone is 1. The summed E-state index contributed by atoms with van der Waals surface area (Å²) in [6.07, 6.45) is -7.77. The molecule has 17 heteroatoms. The van der Waals surface area contributed by atoms with Crippen LogP contribution in [-0.2, 0) is 33.2 Å². The molecule has 0 bridgehead atoms. The summed E-state index contributed by atoms with van der Waals surface area (Å²) in [6.45, 7) is 14.8. The quantitative estimate of drug-likeness (QED) is 0.145. The SMILES string of the molecule is CCC1=CCC(NC(=O)C(O)CNC(=O)OC(C)(C)C)C(OC2C(NC(=O)OC(C)(C)C)CC(C)C(OC3OCC(C)(O)C(NC)C3O)C2O)O1. The van der Waals surface area contributed by atoms with Gasteiger partial charge < -0.3 is 70.1 Å². The van der Waals surface area contributed by atoms with E-state index in [1.54, 1.807) is 61.6 Å². The van der Waals surface area contributed by atoms with Crippen LogP contribution in [0.15, 0.2) is 11.8 Å². The highest BCUT2D eigenvalue weighted by molar-refractivity contribution is 5.81. The number of aliphatic hydroxyl groups is 4. The van der Waals surface area contributed by atoms with E-state index in [0.29, 0.717) is 12.2 Å². The Morgan fingerprint density at radius 2 is 1.57 bits per heavy atom. The molecular weight excluding hydrogens is 672 g/mol. The highest BCUT2D eigenvalue weighted by Gasteiger charge is 2.52. The van der Waals surface area contributed by atoms with E-state index in [0.717, 1.165) is 0 Å². The van der Waals surface area contributed by atoms with E-state index in [1.807, 2.05) is 6.92 Å². The van der Waals surface area contributed by atoms with Crippen LogP contribution in [0, 0.1) is 5.92 Å². The predicted molar refractivity (Wildman–Crippen MR) is 182 cm³/mol. The van der Waals surface area contributed by atoms with Gasteiger partial charge in [0.1, 0.15) is 41.2 Å². The van der Waals surface area contributed by atoms with Crippen molar-refractivity contribution in [2.24, 2.45) is 5.92 Å². The molecule has 8 N–H and O–H groups in total. The number of nitrogens with one attached hydrogen (secondary N) is 4. The van der Waals surface area contributed by atoms with E-state index in [4.69, 9.17) is 28.4 Å². The van der Waals surface area contributed by atoms with Gasteiger partial charge >= 0.3 is 12.2 Å². The Balaban J connectivity index is 1.83. The van der Waals surface area contributed by atoms with Crippen LogP contribution in [0.25, 0.3) is 0 Å². The summed E-state index contributed by atoms with van der Waals surface area (Å²) < 4.78 is 35.1. The van der Waals surface area contributed by atoms with Gasteiger partial charge in [-0.2, -0.15) is 0 Å². The zero-order chi connectivity index (χ0) is 38.5. The van der Waals surface area contributed by atoms with Crippen LogP contribution in [0.2, 0.25) is 0 Å². The van der Waals surface area contributed by atoms with Gasteiger partial charge in [0.2, 0.25) is 6.29 Å². The lowest BCUT2D eigenvalue weighted by Gasteiger charge is -2.49. The van der Waals surface area contributed by atoms with Crippen molar-refractivity contribution in [3.8, 4) is 0 Å². The Bertz CT molecular complexity index is 1220. The summed E-state index contributed by atoms with van der Waals surface area (Å²) in [5, 5.41) is 54.9. The molecule has 0 radical (unpaired) electrons. The zero-order valence-electron chi connectivity index (χ0n) is 31.4. The van der Waals surface area contributed by atoms with Crippen molar-refractivity contribution >= 4 is 18.1 Å². The topological polar surface area (TPSA) is 236 Å². The average molecular weight is 733 g/mol. The third-order valence-electron chi connectivity index (χ3n) is 8.70. The molecule has 17 nitrogen and oxygen atoms in total. The molecule has 0 aromatic rings. The molecule has 0 spiro atoms. The largest absolute Gasteiger partial charge is 0.467 e. The molecule has 0 aromatic carbocycles. The van der Waals surface area contributed by atoms with Crippen LogP contribution in [-0.4, -0.2) is 137 Å². The number of likely N-dealkylation sites (N-methyl/N-ethyl adjacent to an activating group) is 1. The monoisotopic (exact) mass is 732 g/mol. The highest BCUT2D eigenvalue weighted by atomic mass is 16.7. The summed E-state index contributed by atoms with van der Waals surface area (Å²) in [6, 6.07) is -2.48. The first-order chi connectivity index (χ1) is 23.5. The number of carbonyl (C=O) groups excluding carboxylic acids is 3. The Morgan fingerprint density at radius 3 is 2.16 bits per heavy atom. The van der Waals surface area contributed by atoms with E-state index in [2.05, 4.69) is 21.3 Å². The minimum Gasteiger partial charge on any atom is -0.467 e. The van der Waals surface area contributed by atoms with Gasteiger partial charge in [-0.15, -0.1) is 0 Å². The second-order valence-corrected chi connectivity index (χ2v) is 15.7. The highest BCUT2D eigenvalue weighted by Crippen LogP contribution is 2.35. The maximum atomic E-state index is 13.1. The maximum Gasteiger partial charge on any atom is 0.407 e. The minimum absolute atomic E-state index is 0.150.